The van der Waals surface area contributed by atoms with Gasteiger partial charge in [-0.05, 0) is 67.8 Å². The molecule has 3 nitrogen and oxygen atoms in total. The lowest BCUT2D eigenvalue weighted by Crippen LogP contribution is -2.22. The number of amides is 1. The van der Waals surface area contributed by atoms with E-state index in [1.165, 1.54) is 12.1 Å². The van der Waals surface area contributed by atoms with E-state index in [1.54, 1.807) is 13.2 Å². The molecular weight excluding hydrogens is 405 g/mol. The molecular formula is C15H12Br2FNO2. The van der Waals surface area contributed by atoms with Gasteiger partial charge >= 0.3 is 0 Å². The molecule has 2 rings (SSSR count). The van der Waals surface area contributed by atoms with E-state index in [4.69, 9.17) is 4.74 Å². The smallest absolute Gasteiger partial charge is 0.251 e. The molecule has 0 fully saturated rings. The first-order chi connectivity index (χ1) is 10.0. The standard InChI is InChI=1S/C15H12Br2FNO2/c1-21-14-5-2-9(6-12(14)17)8-19-15(20)10-3-4-11(16)13(18)7-10/h2-7H,8H2,1H3,(H,19,20). The van der Waals surface area contributed by atoms with Crippen molar-refractivity contribution < 1.29 is 13.9 Å². The summed E-state index contributed by atoms with van der Waals surface area (Å²) in [7, 11) is 1.59. The number of hydrogen-bond acceptors (Lipinski definition) is 2. The summed E-state index contributed by atoms with van der Waals surface area (Å²) >= 11 is 6.44. The summed E-state index contributed by atoms with van der Waals surface area (Å²) in [4.78, 5) is 12.0. The van der Waals surface area contributed by atoms with Crippen LogP contribution in [0, 0.1) is 5.82 Å². The van der Waals surface area contributed by atoms with E-state index in [9.17, 15) is 9.18 Å². The molecule has 0 saturated carbocycles. The van der Waals surface area contributed by atoms with E-state index >= 15 is 0 Å². The second-order valence-corrected chi connectivity index (χ2v) is 5.99. The number of methoxy groups -OCH3 is 1. The third-order valence-corrected chi connectivity index (χ3v) is 4.11. The average Bonchev–Trinajstić information content (AvgIpc) is 2.47. The molecule has 2 aromatic carbocycles. The van der Waals surface area contributed by atoms with Gasteiger partial charge in [-0.15, -0.1) is 0 Å². The molecule has 0 atom stereocenters. The van der Waals surface area contributed by atoms with Crippen molar-refractivity contribution in [2.75, 3.05) is 7.11 Å². The van der Waals surface area contributed by atoms with Gasteiger partial charge in [0.05, 0.1) is 16.1 Å². The topological polar surface area (TPSA) is 38.3 Å². The number of nitrogens with one attached hydrogen (secondary N) is 1. The monoisotopic (exact) mass is 415 g/mol. The predicted octanol–water partition coefficient (Wildman–Crippen LogP) is 4.29. The van der Waals surface area contributed by atoms with Crippen LogP contribution in [-0.2, 0) is 6.54 Å². The number of ether oxygens (including phenoxy) is 1. The lowest BCUT2D eigenvalue weighted by atomic mass is 10.2. The molecule has 0 heterocycles. The molecule has 0 aliphatic rings. The second-order valence-electron chi connectivity index (χ2n) is 4.28. The molecule has 21 heavy (non-hydrogen) atoms. The van der Waals surface area contributed by atoms with Crippen molar-refractivity contribution >= 4 is 37.8 Å². The van der Waals surface area contributed by atoms with Gasteiger partial charge in [0.25, 0.3) is 5.91 Å². The molecule has 1 N–H and O–H groups in total. The van der Waals surface area contributed by atoms with E-state index < -0.39 is 5.82 Å². The van der Waals surface area contributed by atoms with Gasteiger partial charge in [-0.1, -0.05) is 6.07 Å². The Balaban J connectivity index is 2.03. The van der Waals surface area contributed by atoms with E-state index in [1.807, 2.05) is 18.2 Å². The highest BCUT2D eigenvalue weighted by Crippen LogP contribution is 2.25. The predicted molar refractivity (Wildman–Crippen MR) is 86.0 cm³/mol. The number of carbonyl (C=O) groups is 1. The molecule has 0 spiro atoms. The maximum Gasteiger partial charge on any atom is 0.251 e. The second kappa shape index (κ2) is 7.04. The molecule has 1 amide bonds. The van der Waals surface area contributed by atoms with Crippen LogP contribution < -0.4 is 10.1 Å². The van der Waals surface area contributed by atoms with E-state index in [2.05, 4.69) is 37.2 Å². The fourth-order valence-electron chi connectivity index (χ4n) is 1.74. The molecule has 0 aliphatic carbocycles. The Kier molecular flexibility index (Phi) is 5.36. The van der Waals surface area contributed by atoms with Crippen LogP contribution in [0.1, 0.15) is 15.9 Å². The Labute approximate surface area is 138 Å². The van der Waals surface area contributed by atoms with E-state index in [0.29, 0.717) is 11.0 Å². The molecule has 110 valence electrons. The fraction of sp³-hybridized carbons (Fsp3) is 0.133. The van der Waals surface area contributed by atoms with Crippen molar-refractivity contribution in [3.05, 3.63) is 62.3 Å². The molecule has 0 aliphatic heterocycles. The molecule has 0 saturated heterocycles. The van der Waals surface area contributed by atoms with E-state index in [-0.39, 0.29) is 11.5 Å². The lowest BCUT2D eigenvalue weighted by Gasteiger charge is -2.08. The average molecular weight is 417 g/mol. The number of rotatable bonds is 4. The zero-order valence-corrected chi connectivity index (χ0v) is 14.3. The van der Waals surface area contributed by atoms with Crippen LogP contribution in [0.5, 0.6) is 5.75 Å². The van der Waals surface area contributed by atoms with Crippen molar-refractivity contribution in [1.82, 2.24) is 5.32 Å². The summed E-state index contributed by atoms with van der Waals surface area (Å²) in [6.07, 6.45) is 0. The van der Waals surface area contributed by atoms with Crippen LogP contribution >= 0.6 is 31.9 Å². The van der Waals surface area contributed by atoms with Crippen molar-refractivity contribution in [2.24, 2.45) is 0 Å². The molecule has 0 bridgehead atoms. The fourth-order valence-corrected chi connectivity index (χ4v) is 2.58. The maximum atomic E-state index is 13.4. The number of carbonyl (C=O) groups excluding carboxylic acids is 1. The normalized spacial score (nSPS) is 10.3. The first kappa shape index (κ1) is 16.0. The van der Waals surface area contributed by atoms with Crippen LogP contribution in [0.3, 0.4) is 0 Å². The summed E-state index contributed by atoms with van der Waals surface area (Å²) in [5.74, 6) is -0.0664. The third kappa shape index (κ3) is 4.04. The lowest BCUT2D eigenvalue weighted by molar-refractivity contribution is 0.0950. The quantitative estimate of drug-likeness (QED) is 0.807. The van der Waals surface area contributed by atoms with Gasteiger partial charge in [0.15, 0.2) is 0 Å². The zero-order valence-electron chi connectivity index (χ0n) is 11.1. The molecule has 2 aromatic rings. The Morgan fingerprint density at radius 2 is 1.95 bits per heavy atom. The third-order valence-electron chi connectivity index (χ3n) is 2.85. The minimum Gasteiger partial charge on any atom is -0.496 e. The zero-order chi connectivity index (χ0) is 15.4. The largest absolute Gasteiger partial charge is 0.496 e. The van der Waals surface area contributed by atoms with Crippen LogP contribution in [0.2, 0.25) is 0 Å². The minimum absolute atomic E-state index is 0.281. The van der Waals surface area contributed by atoms with Crippen LogP contribution in [0.4, 0.5) is 4.39 Å². The van der Waals surface area contributed by atoms with Crippen LogP contribution in [0.25, 0.3) is 0 Å². The van der Waals surface area contributed by atoms with Gasteiger partial charge in [0.1, 0.15) is 11.6 Å². The van der Waals surface area contributed by atoms with Gasteiger partial charge in [-0.3, -0.25) is 4.79 Å². The van der Waals surface area contributed by atoms with E-state index in [0.717, 1.165) is 15.8 Å². The number of hydrogen-bond donors (Lipinski definition) is 1. The Morgan fingerprint density at radius 3 is 2.57 bits per heavy atom. The summed E-state index contributed by atoms with van der Waals surface area (Å²) in [6.45, 7) is 0.346. The Bertz CT molecular complexity index is 677. The number of halogens is 3. The summed E-state index contributed by atoms with van der Waals surface area (Å²) in [6, 6.07) is 9.79. The van der Waals surface area contributed by atoms with Gasteiger partial charge in [-0.2, -0.15) is 0 Å². The highest BCUT2D eigenvalue weighted by atomic mass is 79.9. The summed E-state index contributed by atoms with van der Waals surface area (Å²) in [5.41, 5.74) is 1.19. The highest BCUT2D eigenvalue weighted by molar-refractivity contribution is 9.10. The van der Waals surface area contributed by atoms with Crippen LogP contribution in [0.15, 0.2) is 45.3 Å². The van der Waals surface area contributed by atoms with Crippen molar-refractivity contribution in [3.8, 4) is 5.75 Å². The van der Waals surface area contributed by atoms with Gasteiger partial charge in [-0.25, -0.2) is 4.39 Å². The molecule has 0 unspecified atom stereocenters. The Morgan fingerprint density at radius 1 is 1.19 bits per heavy atom. The SMILES string of the molecule is COc1ccc(CNC(=O)c2ccc(Br)c(F)c2)cc1Br. The number of benzene rings is 2. The van der Waals surface area contributed by atoms with Gasteiger partial charge in [0.2, 0.25) is 0 Å². The van der Waals surface area contributed by atoms with Crippen molar-refractivity contribution in [2.45, 2.75) is 6.54 Å². The van der Waals surface area contributed by atoms with Crippen molar-refractivity contribution in [1.29, 1.82) is 0 Å². The van der Waals surface area contributed by atoms with Crippen molar-refractivity contribution in [3.63, 3.8) is 0 Å². The molecule has 0 aromatic heterocycles. The molecule has 0 radical (unpaired) electrons. The molecule has 6 heteroatoms. The minimum atomic E-state index is -0.463. The summed E-state index contributed by atoms with van der Waals surface area (Å²) in [5, 5.41) is 2.74. The highest BCUT2D eigenvalue weighted by Gasteiger charge is 2.09. The first-order valence-corrected chi connectivity index (χ1v) is 7.65. The Hall–Kier alpha value is -1.40. The summed E-state index contributed by atoms with van der Waals surface area (Å²) < 4.78 is 19.7. The van der Waals surface area contributed by atoms with Gasteiger partial charge in [0, 0.05) is 12.1 Å². The van der Waals surface area contributed by atoms with Crippen LogP contribution in [-0.4, -0.2) is 13.0 Å². The first-order valence-electron chi connectivity index (χ1n) is 6.07. The van der Waals surface area contributed by atoms with Gasteiger partial charge < -0.3 is 10.1 Å². The maximum absolute atomic E-state index is 13.4.